The van der Waals surface area contributed by atoms with E-state index >= 15 is 0 Å². The van der Waals surface area contributed by atoms with Crippen LogP contribution in [-0.4, -0.2) is 28.3 Å². The number of thiophene rings is 1. The molecule has 0 radical (unpaired) electrons. The van der Waals surface area contributed by atoms with Crippen molar-refractivity contribution in [2.24, 2.45) is 7.05 Å². The van der Waals surface area contributed by atoms with Gasteiger partial charge in [-0.15, -0.1) is 11.3 Å². The number of rotatable bonds is 4. The van der Waals surface area contributed by atoms with Crippen molar-refractivity contribution in [3.05, 3.63) is 34.5 Å². The highest BCUT2D eigenvalue weighted by Crippen LogP contribution is 2.28. The Kier molecular flexibility index (Phi) is 4.19. The van der Waals surface area contributed by atoms with Crippen LogP contribution in [0.15, 0.2) is 18.3 Å². The number of nitrogens with zero attached hydrogens (tertiary/aromatic N) is 2. The lowest BCUT2D eigenvalue weighted by Crippen LogP contribution is -2.17. The third-order valence-corrected chi connectivity index (χ3v) is 3.60. The Bertz CT molecular complexity index is 645. The third kappa shape index (κ3) is 2.88. The van der Waals surface area contributed by atoms with E-state index in [1.165, 1.54) is 16.0 Å². The highest BCUT2D eigenvalue weighted by Gasteiger charge is 2.19. The normalized spacial score (nSPS) is 10.3. The van der Waals surface area contributed by atoms with E-state index in [1.807, 2.05) is 6.92 Å². The maximum absolute atomic E-state index is 12.1. The summed E-state index contributed by atoms with van der Waals surface area (Å²) in [6, 6.07) is 3.32. The standard InChI is InChI=1S/C13H15N3O3S/c1-4-19-13(18)9-7-8(2)20-12(9)15-11(17)10-5-6-14-16(10)3/h5-7H,4H2,1-3H3,(H,15,17). The smallest absolute Gasteiger partial charge is 0.341 e. The topological polar surface area (TPSA) is 73.2 Å². The van der Waals surface area contributed by atoms with E-state index in [-0.39, 0.29) is 5.91 Å². The van der Waals surface area contributed by atoms with Gasteiger partial charge in [-0.25, -0.2) is 4.79 Å². The molecule has 0 aliphatic carbocycles. The van der Waals surface area contributed by atoms with E-state index in [1.54, 1.807) is 32.3 Å². The Morgan fingerprint density at radius 3 is 2.85 bits per heavy atom. The first-order chi connectivity index (χ1) is 9.52. The predicted molar refractivity (Wildman–Crippen MR) is 76.2 cm³/mol. The molecule has 0 bridgehead atoms. The van der Waals surface area contributed by atoms with Gasteiger partial charge in [0.15, 0.2) is 0 Å². The molecule has 0 aliphatic heterocycles. The van der Waals surface area contributed by atoms with E-state index in [9.17, 15) is 9.59 Å². The minimum absolute atomic E-state index is 0.294. The van der Waals surface area contributed by atoms with Crippen LogP contribution in [0.25, 0.3) is 0 Å². The van der Waals surface area contributed by atoms with Crippen LogP contribution in [0, 0.1) is 6.92 Å². The van der Waals surface area contributed by atoms with Gasteiger partial charge in [0.2, 0.25) is 0 Å². The molecular formula is C13H15N3O3S. The van der Waals surface area contributed by atoms with Crippen LogP contribution in [0.4, 0.5) is 5.00 Å². The maximum atomic E-state index is 12.1. The summed E-state index contributed by atoms with van der Waals surface area (Å²) in [4.78, 5) is 24.9. The van der Waals surface area contributed by atoms with Crippen LogP contribution in [0.3, 0.4) is 0 Å². The molecule has 1 N–H and O–H groups in total. The van der Waals surface area contributed by atoms with Crippen LogP contribution in [0.1, 0.15) is 32.6 Å². The van der Waals surface area contributed by atoms with Gasteiger partial charge in [-0.05, 0) is 26.0 Å². The van der Waals surface area contributed by atoms with Crippen molar-refractivity contribution in [1.29, 1.82) is 0 Å². The lowest BCUT2D eigenvalue weighted by atomic mass is 10.3. The number of aryl methyl sites for hydroxylation is 2. The SMILES string of the molecule is CCOC(=O)c1cc(C)sc1NC(=O)c1ccnn1C. The molecular weight excluding hydrogens is 278 g/mol. The fourth-order valence-corrected chi connectivity index (χ4v) is 2.63. The van der Waals surface area contributed by atoms with Gasteiger partial charge in [0, 0.05) is 18.1 Å². The number of hydrogen-bond acceptors (Lipinski definition) is 5. The number of hydrogen-bond donors (Lipinski definition) is 1. The fraction of sp³-hybridized carbons (Fsp3) is 0.308. The van der Waals surface area contributed by atoms with Gasteiger partial charge in [-0.1, -0.05) is 0 Å². The molecule has 2 heterocycles. The average molecular weight is 293 g/mol. The van der Waals surface area contributed by atoms with Gasteiger partial charge in [0.25, 0.3) is 5.91 Å². The first kappa shape index (κ1) is 14.3. The van der Waals surface area contributed by atoms with Gasteiger partial charge in [0.1, 0.15) is 10.7 Å². The van der Waals surface area contributed by atoms with Crippen molar-refractivity contribution in [3.8, 4) is 0 Å². The van der Waals surface area contributed by atoms with Gasteiger partial charge >= 0.3 is 5.97 Å². The largest absolute Gasteiger partial charge is 0.462 e. The Hall–Kier alpha value is -2.15. The molecule has 2 rings (SSSR count). The molecule has 0 aliphatic rings. The number of ether oxygens (including phenoxy) is 1. The minimum Gasteiger partial charge on any atom is -0.462 e. The second-order valence-electron chi connectivity index (χ2n) is 4.11. The molecule has 0 spiro atoms. The van der Waals surface area contributed by atoms with Crippen molar-refractivity contribution in [2.75, 3.05) is 11.9 Å². The Morgan fingerprint density at radius 1 is 1.50 bits per heavy atom. The first-order valence-corrected chi connectivity index (χ1v) is 6.91. The summed E-state index contributed by atoms with van der Waals surface area (Å²) in [6.07, 6.45) is 1.54. The molecule has 0 aromatic carbocycles. The highest BCUT2D eigenvalue weighted by molar-refractivity contribution is 7.16. The Labute approximate surface area is 120 Å². The highest BCUT2D eigenvalue weighted by atomic mass is 32.1. The summed E-state index contributed by atoms with van der Waals surface area (Å²) >= 11 is 1.34. The quantitative estimate of drug-likeness (QED) is 0.877. The number of anilines is 1. The predicted octanol–water partition coefficient (Wildman–Crippen LogP) is 2.22. The third-order valence-electron chi connectivity index (χ3n) is 2.63. The monoisotopic (exact) mass is 293 g/mol. The molecule has 0 atom stereocenters. The molecule has 0 unspecified atom stereocenters. The zero-order valence-electron chi connectivity index (χ0n) is 11.5. The Balaban J connectivity index is 2.23. The van der Waals surface area contributed by atoms with Crippen molar-refractivity contribution < 1.29 is 14.3 Å². The summed E-state index contributed by atoms with van der Waals surface area (Å²) < 4.78 is 6.45. The molecule has 0 saturated carbocycles. The fourth-order valence-electron chi connectivity index (χ4n) is 1.73. The van der Waals surface area contributed by atoms with Crippen LogP contribution in [-0.2, 0) is 11.8 Å². The number of carbonyl (C=O) groups is 2. The summed E-state index contributed by atoms with van der Waals surface area (Å²) in [7, 11) is 1.68. The summed E-state index contributed by atoms with van der Waals surface area (Å²) in [5.74, 6) is -0.741. The Morgan fingerprint density at radius 2 is 2.25 bits per heavy atom. The van der Waals surface area contributed by atoms with Crippen LogP contribution in [0.5, 0.6) is 0 Å². The molecule has 2 aromatic heterocycles. The summed E-state index contributed by atoms with van der Waals surface area (Å²) in [5, 5.41) is 7.16. The van der Waals surface area contributed by atoms with E-state index in [0.29, 0.717) is 22.9 Å². The van der Waals surface area contributed by atoms with Crippen molar-refractivity contribution in [3.63, 3.8) is 0 Å². The van der Waals surface area contributed by atoms with Crippen LogP contribution < -0.4 is 5.32 Å². The number of nitrogens with one attached hydrogen (secondary N) is 1. The molecule has 0 saturated heterocycles. The maximum Gasteiger partial charge on any atom is 0.341 e. The minimum atomic E-state index is -0.433. The summed E-state index contributed by atoms with van der Waals surface area (Å²) in [6.45, 7) is 3.90. The molecule has 106 valence electrons. The van der Waals surface area contributed by atoms with Gasteiger partial charge in [0.05, 0.1) is 12.2 Å². The number of aromatic nitrogens is 2. The molecule has 1 amide bonds. The van der Waals surface area contributed by atoms with Crippen molar-refractivity contribution >= 4 is 28.2 Å². The lowest BCUT2D eigenvalue weighted by molar-refractivity contribution is 0.0528. The summed E-state index contributed by atoms with van der Waals surface area (Å²) in [5.41, 5.74) is 0.802. The van der Waals surface area contributed by atoms with Gasteiger partial charge in [-0.3, -0.25) is 9.48 Å². The van der Waals surface area contributed by atoms with Gasteiger partial charge < -0.3 is 10.1 Å². The van der Waals surface area contributed by atoms with Crippen LogP contribution >= 0.6 is 11.3 Å². The second-order valence-corrected chi connectivity index (χ2v) is 5.37. The lowest BCUT2D eigenvalue weighted by Gasteiger charge is -2.06. The molecule has 0 fully saturated rings. The van der Waals surface area contributed by atoms with E-state index in [4.69, 9.17) is 4.74 Å². The number of esters is 1. The molecule has 6 nitrogen and oxygen atoms in total. The second kappa shape index (κ2) is 5.87. The zero-order chi connectivity index (χ0) is 14.7. The first-order valence-electron chi connectivity index (χ1n) is 6.09. The van der Waals surface area contributed by atoms with E-state index < -0.39 is 5.97 Å². The molecule has 7 heteroatoms. The molecule has 20 heavy (non-hydrogen) atoms. The van der Waals surface area contributed by atoms with E-state index in [0.717, 1.165) is 4.88 Å². The van der Waals surface area contributed by atoms with E-state index in [2.05, 4.69) is 10.4 Å². The zero-order valence-corrected chi connectivity index (χ0v) is 12.3. The van der Waals surface area contributed by atoms with Crippen LogP contribution in [0.2, 0.25) is 0 Å². The molecule has 2 aromatic rings. The number of carbonyl (C=O) groups excluding carboxylic acids is 2. The number of amides is 1. The van der Waals surface area contributed by atoms with Crippen molar-refractivity contribution in [2.45, 2.75) is 13.8 Å². The van der Waals surface area contributed by atoms with Gasteiger partial charge in [-0.2, -0.15) is 5.10 Å². The average Bonchev–Trinajstić information content (AvgIpc) is 2.96. The van der Waals surface area contributed by atoms with Crippen molar-refractivity contribution in [1.82, 2.24) is 9.78 Å².